The molecule has 0 bridgehead atoms. The number of aromatic nitrogens is 3. The molecular formula is C8H12ClN3. The second-order valence-corrected chi connectivity index (χ2v) is 3.59. The molecule has 66 valence electrons. The van der Waals surface area contributed by atoms with Crippen molar-refractivity contribution < 1.29 is 0 Å². The summed E-state index contributed by atoms with van der Waals surface area (Å²) >= 11 is 5.88. The van der Waals surface area contributed by atoms with Crippen molar-refractivity contribution in [1.82, 2.24) is 14.8 Å². The van der Waals surface area contributed by atoms with Crippen LogP contribution in [-0.2, 0) is 6.54 Å². The molecule has 3 nitrogen and oxygen atoms in total. The highest BCUT2D eigenvalue weighted by Crippen LogP contribution is 2.39. The van der Waals surface area contributed by atoms with Crippen LogP contribution < -0.4 is 0 Å². The van der Waals surface area contributed by atoms with E-state index in [1.807, 2.05) is 4.57 Å². The van der Waals surface area contributed by atoms with Crippen molar-refractivity contribution in [2.24, 2.45) is 0 Å². The minimum Gasteiger partial charge on any atom is -0.302 e. The number of rotatable bonds is 3. The predicted octanol–water partition coefficient (Wildman–Crippen LogP) is 2.22. The van der Waals surface area contributed by atoms with Gasteiger partial charge in [0.25, 0.3) is 0 Å². The van der Waals surface area contributed by atoms with Crippen LogP contribution in [0.4, 0.5) is 0 Å². The first-order chi connectivity index (χ1) is 5.83. The van der Waals surface area contributed by atoms with Crippen LogP contribution in [0.3, 0.4) is 0 Å². The van der Waals surface area contributed by atoms with Gasteiger partial charge in [0, 0.05) is 12.5 Å². The SMILES string of the molecule is CCCn1c(Cl)nnc1C1CC1. The van der Waals surface area contributed by atoms with E-state index in [0.29, 0.717) is 11.2 Å². The van der Waals surface area contributed by atoms with Gasteiger partial charge in [0.15, 0.2) is 0 Å². The van der Waals surface area contributed by atoms with Gasteiger partial charge in [-0.15, -0.1) is 10.2 Å². The normalized spacial score (nSPS) is 16.8. The Morgan fingerprint density at radius 2 is 2.25 bits per heavy atom. The lowest BCUT2D eigenvalue weighted by Gasteiger charge is -2.03. The van der Waals surface area contributed by atoms with Crippen molar-refractivity contribution in [3.05, 3.63) is 11.1 Å². The minimum atomic E-state index is 0.541. The molecular weight excluding hydrogens is 174 g/mol. The maximum Gasteiger partial charge on any atom is 0.225 e. The van der Waals surface area contributed by atoms with E-state index in [0.717, 1.165) is 18.8 Å². The summed E-state index contributed by atoms with van der Waals surface area (Å²) in [6, 6.07) is 0. The number of hydrogen-bond donors (Lipinski definition) is 0. The Morgan fingerprint density at radius 3 is 2.83 bits per heavy atom. The Morgan fingerprint density at radius 1 is 1.50 bits per heavy atom. The molecule has 1 aromatic rings. The zero-order valence-corrected chi connectivity index (χ0v) is 7.88. The van der Waals surface area contributed by atoms with Gasteiger partial charge in [-0.2, -0.15) is 0 Å². The standard InChI is InChI=1S/C8H12ClN3/c1-2-5-12-7(6-3-4-6)10-11-8(12)9/h6H,2-5H2,1H3. The predicted molar refractivity (Wildman–Crippen MR) is 47.3 cm³/mol. The van der Waals surface area contributed by atoms with Gasteiger partial charge in [0.2, 0.25) is 5.28 Å². The molecule has 2 rings (SSSR count). The second kappa shape index (κ2) is 3.05. The molecule has 1 aliphatic carbocycles. The molecule has 0 spiro atoms. The van der Waals surface area contributed by atoms with Gasteiger partial charge >= 0.3 is 0 Å². The van der Waals surface area contributed by atoms with E-state index in [1.54, 1.807) is 0 Å². The third-order valence-electron chi connectivity index (χ3n) is 2.12. The summed E-state index contributed by atoms with van der Waals surface area (Å²) in [6.07, 6.45) is 3.58. The van der Waals surface area contributed by atoms with Crippen LogP contribution >= 0.6 is 11.6 Å². The molecule has 4 heteroatoms. The molecule has 1 fully saturated rings. The zero-order chi connectivity index (χ0) is 8.55. The number of halogens is 1. The average Bonchev–Trinajstić information content (AvgIpc) is 2.82. The zero-order valence-electron chi connectivity index (χ0n) is 7.13. The number of hydrogen-bond acceptors (Lipinski definition) is 2. The lowest BCUT2D eigenvalue weighted by molar-refractivity contribution is 0.640. The quantitative estimate of drug-likeness (QED) is 0.723. The third kappa shape index (κ3) is 1.33. The molecule has 0 aliphatic heterocycles. The van der Waals surface area contributed by atoms with Crippen LogP contribution in [0.15, 0.2) is 0 Å². The number of nitrogens with zero attached hydrogens (tertiary/aromatic N) is 3. The van der Waals surface area contributed by atoms with Gasteiger partial charge in [-0.05, 0) is 30.9 Å². The first kappa shape index (κ1) is 8.05. The fourth-order valence-electron chi connectivity index (χ4n) is 1.37. The van der Waals surface area contributed by atoms with Crippen LogP contribution in [0.25, 0.3) is 0 Å². The Labute approximate surface area is 76.7 Å². The maximum atomic E-state index is 5.88. The Kier molecular flexibility index (Phi) is 2.05. The summed E-state index contributed by atoms with van der Waals surface area (Å²) in [5.41, 5.74) is 0. The molecule has 12 heavy (non-hydrogen) atoms. The summed E-state index contributed by atoms with van der Waals surface area (Å²) in [4.78, 5) is 0. The first-order valence-corrected chi connectivity index (χ1v) is 4.79. The summed E-state index contributed by atoms with van der Waals surface area (Å²) in [5, 5.41) is 8.49. The highest BCUT2D eigenvalue weighted by atomic mass is 35.5. The van der Waals surface area contributed by atoms with Crippen molar-refractivity contribution >= 4 is 11.6 Å². The minimum absolute atomic E-state index is 0.541. The summed E-state index contributed by atoms with van der Waals surface area (Å²) in [5.74, 6) is 1.72. The van der Waals surface area contributed by atoms with Crippen molar-refractivity contribution in [2.75, 3.05) is 0 Å². The van der Waals surface area contributed by atoms with Crippen LogP contribution in [0, 0.1) is 0 Å². The van der Waals surface area contributed by atoms with Gasteiger partial charge in [-0.25, -0.2) is 0 Å². The summed E-state index contributed by atoms with van der Waals surface area (Å²) in [7, 11) is 0. The highest BCUT2D eigenvalue weighted by Gasteiger charge is 2.29. The molecule has 0 aromatic carbocycles. The first-order valence-electron chi connectivity index (χ1n) is 4.41. The molecule has 0 radical (unpaired) electrons. The van der Waals surface area contributed by atoms with Gasteiger partial charge < -0.3 is 4.57 Å². The average molecular weight is 186 g/mol. The molecule has 1 aromatic heterocycles. The summed E-state index contributed by atoms with van der Waals surface area (Å²) in [6.45, 7) is 3.07. The third-order valence-corrected chi connectivity index (χ3v) is 2.40. The monoisotopic (exact) mass is 185 g/mol. The van der Waals surface area contributed by atoms with E-state index in [2.05, 4.69) is 17.1 Å². The molecule has 0 amide bonds. The van der Waals surface area contributed by atoms with E-state index >= 15 is 0 Å². The van der Waals surface area contributed by atoms with E-state index in [-0.39, 0.29) is 0 Å². The second-order valence-electron chi connectivity index (χ2n) is 3.25. The molecule has 0 unspecified atom stereocenters. The Bertz CT molecular complexity index is 278. The van der Waals surface area contributed by atoms with E-state index in [9.17, 15) is 0 Å². The molecule has 0 saturated heterocycles. The van der Waals surface area contributed by atoms with Gasteiger partial charge in [-0.3, -0.25) is 0 Å². The largest absolute Gasteiger partial charge is 0.302 e. The summed E-state index contributed by atoms with van der Waals surface area (Å²) < 4.78 is 2.03. The van der Waals surface area contributed by atoms with E-state index in [1.165, 1.54) is 12.8 Å². The Hall–Kier alpha value is -0.570. The van der Waals surface area contributed by atoms with Crippen LogP contribution in [0.5, 0.6) is 0 Å². The van der Waals surface area contributed by atoms with Gasteiger partial charge in [0.1, 0.15) is 5.82 Å². The molecule has 1 aliphatic rings. The molecule has 0 N–H and O–H groups in total. The lowest BCUT2D eigenvalue weighted by Crippen LogP contribution is -2.02. The fraction of sp³-hybridized carbons (Fsp3) is 0.750. The topological polar surface area (TPSA) is 30.7 Å². The Balaban J connectivity index is 2.26. The highest BCUT2D eigenvalue weighted by molar-refractivity contribution is 6.28. The lowest BCUT2D eigenvalue weighted by atomic mass is 10.4. The molecule has 1 heterocycles. The van der Waals surface area contributed by atoms with Gasteiger partial charge in [0.05, 0.1) is 0 Å². The van der Waals surface area contributed by atoms with Crippen LogP contribution in [-0.4, -0.2) is 14.8 Å². The van der Waals surface area contributed by atoms with Crippen LogP contribution in [0.1, 0.15) is 37.9 Å². The van der Waals surface area contributed by atoms with E-state index < -0.39 is 0 Å². The van der Waals surface area contributed by atoms with Gasteiger partial charge in [-0.1, -0.05) is 6.92 Å². The van der Waals surface area contributed by atoms with Crippen molar-refractivity contribution in [3.63, 3.8) is 0 Å². The molecule has 0 atom stereocenters. The fourth-order valence-corrected chi connectivity index (χ4v) is 1.58. The van der Waals surface area contributed by atoms with Crippen molar-refractivity contribution in [2.45, 2.75) is 38.6 Å². The smallest absolute Gasteiger partial charge is 0.225 e. The van der Waals surface area contributed by atoms with Crippen molar-refractivity contribution in [3.8, 4) is 0 Å². The van der Waals surface area contributed by atoms with Crippen LogP contribution in [0.2, 0.25) is 5.28 Å². The van der Waals surface area contributed by atoms with Crippen molar-refractivity contribution in [1.29, 1.82) is 0 Å². The maximum absolute atomic E-state index is 5.88. The van der Waals surface area contributed by atoms with E-state index in [4.69, 9.17) is 11.6 Å². The molecule has 1 saturated carbocycles.